The van der Waals surface area contributed by atoms with E-state index < -0.39 is 0 Å². The van der Waals surface area contributed by atoms with Crippen molar-refractivity contribution in [3.8, 4) is 5.75 Å². The molecule has 2 aromatic rings. The molecule has 3 rings (SSSR count). The van der Waals surface area contributed by atoms with Gasteiger partial charge in [0.25, 0.3) is 0 Å². The van der Waals surface area contributed by atoms with Crippen molar-refractivity contribution in [2.75, 3.05) is 29.9 Å². The zero-order chi connectivity index (χ0) is 18.4. The van der Waals surface area contributed by atoms with Crippen molar-refractivity contribution in [3.63, 3.8) is 0 Å². The third kappa shape index (κ3) is 4.78. The first-order chi connectivity index (χ1) is 12.6. The number of amides is 1. The molecule has 1 heterocycles. The topological polar surface area (TPSA) is 41.6 Å². The summed E-state index contributed by atoms with van der Waals surface area (Å²) in [5, 5.41) is 3.23. The second-order valence-electron chi connectivity index (χ2n) is 7.19. The lowest BCUT2D eigenvalue weighted by Gasteiger charge is -2.29. The summed E-state index contributed by atoms with van der Waals surface area (Å²) in [7, 11) is 0. The number of nitrogens with one attached hydrogen (secondary N) is 1. The number of ether oxygens (including phenoxy) is 1. The van der Waals surface area contributed by atoms with Gasteiger partial charge in [-0.15, -0.1) is 0 Å². The Morgan fingerprint density at radius 1 is 1.15 bits per heavy atom. The molecular weight excluding hydrogens is 324 g/mol. The molecule has 0 bridgehead atoms. The van der Waals surface area contributed by atoms with Crippen molar-refractivity contribution >= 4 is 17.3 Å². The monoisotopic (exact) mass is 352 g/mol. The fraction of sp³-hybridized carbons (Fsp3) is 0.409. The molecule has 1 amide bonds. The molecule has 1 N–H and O–H groups in total. The van der Waals surface area contributed by atoms with Crippen LogP contribution in [0.25, 0.3) is 0 Å². The van der Waals surface area contributed by atoms with E-state index in [0.717, 1.165) is 49.5 Å². The van der Waals surface area contributed by atoms with Gasteiger partial charge in [0.2, 0.25) is 5.91 Å². The second kappa shape index (κ2) is 8.75. The maximum Gasteiger partial charge on any atom is 0.246 e. The highest BCUT2D eigenvalue weighted by molar-refractivity contribution is 5.97. The Kier molecular flexibility index (Phi) is 6.16. The highest BCUT2D eigenvalue weighted by Gasteiger charge is 2.21. The summed E-state index contributed by atoms with van der Waals surface area (Å²) in [5.74, 6) is 1.61. The van der Waals surface area contributed by atoms with Crippen LogP contribution in [0.4, 0.5) is 11.4 Å². The molecule has 0 saturated carbocycles. The van der Waals surface area contributed by atoms with Crippen molar-refractivity contribution < 1.29 is 9.53 Å². The number of nitrogens with zero attached hydrogens (tertiary/aromatic N) is 1. The molecule has 0 spiro atoms. The average Bonchev–Trinajstić information content (AvgIpc) is 2.66. The number of fused-ring (bicyclic) bond motifs is 1. The van der Waals surface area contributed by atoms with E-state index in [-0.39, 0.29) is 5.91 Å². The van der Waals surface area contributed by atoms with E-state index in [1.165, 1.54) is 5.56 Å². The van der Waals surface area contributed by atoms with E-state index in [9.17, 15) is 4.79 Å². The summed E-state index contributed by atoms with van der Waals surface area (Å²) >= 11 is 0. The number of aryl methyl sites for hydroxylation is 1. The van der Waals surface area contributed by atoms with Gasteiger partial charge >= 0.3 is 0 Å². The molecule has 0 saturated heterocycles. The fourth-order valence-electron chi connectivity index (χ4n) is 3.15. The Morgan fingerprint density at radius 3 is 2.69 bits per heavy atom. The van der Waals surface area contributed by atoms with Gasteiger partial charge in [0.1, 0.15) is 5.75 Å². The summed E-state index contributed by atoms with van der Waals surface area (Å²) in [4.78, 5) is 14.5. The zero-order valence-corrected chi connectivity index (χ0v) is 15.7. The van der Waals surface area contributed by atoms with E-state index in [0.29, 0.717) is 12.5 Å². The van der Waals surface area contributed by atoms with Crippen molar-refractivity contribution in [2.45, 2.75) is 33.1 Å². The molecular formula is C22H28N2O2. The molecule has 1 aliphatic rings. The number of benzene rings is 2. The third-order valence-corrected chi connectivity index (χ3v) is 4.67. The molecule has 4 nitrogen and oxygen atoms in total. The van der Waals surface area contributed by atoms with Crippen LogP contribution in [0, 0.1) is 5.92 Å². The maximum atomic E-state index is 12.6. The quantitative estimate of drug-likeness (QED) is 0.797. The van der Waals surface area contributed by atoms with Crippen LogP contribution in [0.1, 0.15) is 32.3 Å². The first-order valence-corrected chi connectivity index (χ1v) is 9.48. The van der Waals surface area contributed by atoms with Gasteiger partial charge in [-0.2, -0.15) is 0 Å². The average molecular weight is 352 g/mol. The largest absolute Gasteiger partial charge is 0.494 e. The number of hydrogen-bond donors (Lipinski definition) is 1. The molecule has 0 aromatic heterocycles. The Balaban J connectivity index is 1.52. The molecule has 0 radical (unpaired) electrons. The van der Waals surface area contributed by atoms with Gasteiger partial charge in [0.05, 0.1) is 13.2 Å². The highest BCUT2D eigenvalue weighted by atomic mass is 16.5. The van der Waals surface area contributed by atoms with E-state index >= 15 is 0 Å². The van der Waals surface area contributed by atoms with E-state index in [1.54, 1.807) is 0 Å². The van der Waals surface area contributed by atoms with E-state index in [2.05, 4.69) is 25.2 Å². The predicted octanol–water partition coefficient (Wildman–Crippen LogP) is 4.50. The van der Waals surface area contributed by atoms with Crippen LogP contribution in [-0.2, 0) is 11.2 Å². The van der Waals surface area contributed by atoms with Gasteiger partial charge in [-0.1, -0.05) is 32.0 Å². The van der Waals surface area contributed by atoms with Gasteiger partial charge in [0.15, 0.2) is 0 Å². The van der Waals surface area contributed by atoms with Crippen molar-refractivity contribution in [2.24, 2.45) is 5.92 Å². The molecule has 0 unspecified atom stereocenters. The minimum atomic E-state index is 0.106. The van der Waals surface area contributed by atoms with Gasteiger partial charge in [0, 0.05) is 17.9 Å². The minimum absolute atomic E-state index is 0.106. The Labute approximate surface area is 156 Å². The number of carbonyl (C=O) groups excluding carboxylic acids is 1. The van der Waals surface area contributed by atoms with Crippen LogP contribution in [0.5, 0.6) is 5.75 Å². The van der Waals surface area contributed by atoms with Gasteiger partial charge in [-0.05, 0) is 61.1 Å². The lowest BCUT2D eigenvalue weighted by atomic mass is 10.0. The number of carbonyl (C=O) groups is 1. The van der Waals surface area contributed by atoms with E-state index in [1.807, 2.05) is 47.4 Å². The first kappa shape index (κ1) is 18.3. The molecule has 0 fully saturated rings. The molecule has 1 aliphatic heterocycles. The summed E-state index contributed by atoms with van der Waals surface area (Å²) in [6.45, 7) is 6.20. The summed E-state index contributed by atoms with van der Waals surface area (Å²) in [6.07, 6.45) is 3.11. The minimum Gasteiger partial charge on any atom is -0.494 e. The standard InChI is InChI=1S/C22H28N2O2/c1-17(2)13-15-26-20-11-9-19(10-12-20)23-16-22(25)24-14-5-7-18-6-3-4-8-21(18)24/h3-4,6,8-12,17,23H,5,7,13-16H2,1-2H3. The number of anilines is 2. The highest BCUT2D eigenvalue weighted by Crippen LogP contribution is 2.26. The third-order valence-electron chi connectivity index (χ3n) is 4.67. The van der Waals surface area contributed by atoms with Crippen LogP contribution >= 0.6 is 0 Å². The number of rotatable bonds is 7. The Bertz CT molecular complexity index is 725. The van der Waals surface area contributed by atoms with Crippen LogP contribution in [0.2, 0.25) is 0 Å². The first-order valence-electron chi connectivity index (χ1n) is 9.48. The van der Waals surface area contributed by atoms with Crippen LogP contribution in [-0.4, -0.2) is 25.6 Å². The van der Waals surface area contributed by atoms with Crippen molar-refractivity contribution in [1.82, 2.24) is 0 Å². The SMILES string of the molecule is CC(C)CCOc1ccc(NCC(=O)N2CCCc3ccccc32)cc1. The predicted molar refractivity (Wildman–Crippen MR) is 107 cm³/mol. The number of para-hydroxylation sites is 1. The number of hydrogen-bond acceptors (Lipinski definition) is 3. The maximum absolute atomic E-state index is 12.6. The van der Waals surface area contributed by atoms with Crippen LogP contribution < -0.4 is 15.0 Å². The summed E-state index contributed by atoms with van der Waals surface area (Å²) in [6, 6.07) is 16.0. The van der Waals surface area contributed by atoms with Crippen molar-refractivity contribution in [3.05, 3.63) is 54.1 Å². The Morgan fingerprint density at radius 2 is 1.92 bits per heavy atom. The van der Waals surface area contributed by atoms with Crippen molar-refractivity contribution in [1.29, 1.82) is 0 Å². The normalized spacial score (nSPS) is 13.4. The smallest absolute Gasteiger partial charge is 0.246 e. The lowest BCUT2D eigenvalue weighted by molar-refractivity contribution is -0.117. The van der Waals surface area contributed by atoms with Gasteiger partial charge < -0.3 is 15.0 Å². The molecule has 2 aromatic carbocycles. The molecule has 4 heteroatoms. The van der Waals surface area contributed by atoms with E-state index in [4.69, 9.17) is 4.74 Å². The lowest BCUT2D eigenvalue weighted by Crippen LogP contribution is -2.39. The Hall–Kier alpha value is -2.49. The van der Waals surface area contributed by atoms with Crippen LogP contribution in [0.3, 0.4) is 0 Å². The van der Waals surface area contributed by atoms with Gasteiger partial charge in [-0.25, -0.2) is 0 Å². The van der Waals surface area contributed by atoms with Crippen LogP contribution in [0.15, 0.2) is 48.5 Å². The molecule has 138 valence electrons. The second-order valence-corrected chi connectivity index (χ2v) is 7.19. The zero-order valence-electron chi connectivity index (χ0n) is 15.7. The fourth-order valence-corrected chi connectivity index (χ4v) is 3.15. The molecule has 0 aliphatic carbocycles. The summed E-state index contributed by atoms with van der Waals surface area (Å²) < 4.78 is 5.73. The summed E-state index contributed by atoms with van der Waals surface area (Å²) in [5.41, 5.74) is 3.24. The van der Waals surface area contributed by atoms with Gasteiger partial charge in [-0.3, -0.25) is 4.79 Å². The molecule has 26 heavy (non-hydrogen) atoms. The molecule has 0 atom stereocenters.